The summed E-state index contributed by atoms with van der Waals surface area (Å²) in [5, 5.41) is 16.0. The third-order valence-corrected chi connectivity index (χ3v) is 3.19. The quantitative estimate of drug-likeness (QED) is 0.925. The molecule has 0 aliphatic rings. The summed E-state index contributed by atoms with van der Waals surface area (Å²) in [6.07, 6.45) is 1.59. The molecule has 114 valence electrons. The number of nitrogens with zero attached hydrogens (tertiary/aromatic N) is 3. The van der Waals surface area contributed by atoms with Crippen molar-refractivity contribution in [3.05, 3.63) is 46.9 Å². The maximum Gasteiger partial charge on any atom is 0.257 e. The Morgan fingerprint density at radius 1 is 1.41 bits per heavy atom. The van der Waals surface area contributed by atoms with Crippen LogP contribution in [0.2, 0.25) is 0 Å². The van der Waals surface area contributed by atoms with Gasteiger partial charge in [0.25, 0.3) is 5.91 Å². The fourth-order valence-corrected chi connectivity index (χ4v) is 1.95. The van der Waals surface area contributed by atoms with Crippen LogP contribution in [0, 0.1) is 24.1 Å². The van der Waals surface area contributed by atoms with Gasteiger partial charge in [-0.2, -0.15) is 10.4 Å². The van der Waals surface area contributed by atoms with Crippen LogP contribution in [0.5, 0.6) is 0 Å². The second-order valence-electron chi connectivity index (χ2n) is 6.03. The van der Waals surface area contributed by atoms with Crippen LogP contribution < -0.4 is 5.32 Å². The highest BCUT2D eigenvalue weighted by molar-refractivity contribution is 6.05. The van der Waals surface area contributed by atoms with Crippen LogP contribution in [-0.2, 0) is 5.54 Å². The van der Waals surface area contributed by atoms with Crippen molar-refractivity contribution in [1.29, 1.82) is 5.26 Å². The lowest BCUT2D eigenvalue weighted by atomic mass is 10.1. The molecule has 0 aliphatic heterocycles. The molecule has 0 radical (unpaired) electrons. The first-order chi connectivity index (χ1) is 10.2. The highest BCUT2D eigenvalue weighted by atomic mass is 19.1. The number of hydrogen-bond donors (Lipinski definition) is 1. The lowest BCUT2D eigenvalue weighted by molar-refractivity contribution is 0.102. The number of anilines is 1. The van der Waals surface area contributed by atoms with Gasteiger partial charge in [-0.15, -0.1) is 0 Å². The first-order valence-corrected chi connectivity index (χ1v) is 6.80. The van der Waals surface area contributed by atoms with Gasteiger partial charge in [-0.1, -0.05) is 0 Å². The Hall–Kier alpha value is -2.68. The summed E-state index contributed by atoms with van der Waals surface area (Å²) in [6, 6.07) is 5.93. The lowest BCUT2D eigenvalue weighted by Gasteiger charge is -2.18. The van der Waals surface area contributed by atoms with E-state index in [2.05, 4.69) is 10.4 Å². The van der Waals surface area contributed by atoms with Crippen molar-refractivity contribution < 1.29 is 9.18 Å². The average Bonchev–Trinajstić information content (AvgIpc) is 2.81. The normalized spacial score (nSPS) is 11.1. The van der Waals surface area contributed by atoms with Gasteiger partial charge in [-0.05, 0) is 51.5 Å². The molecule has 0 saturated carbocycles. The number of amides is 1. The summed E-state index contributed by atoms with van der Waals surface area (Å²) in [6.45, 7) is 7.47. The minimum atomic E-state index is -0.423. The van der Waals surface area contributed by atoms with E-state index in [1.165, 1.54) is 18.2 Å². The Bertz CT molecular complexity index is 765. The first kappa shape index (κ1) is 15.7. The molecule has 0 spiro atoms. The van der Waals surface area contributed by atoms with Crippen LogP contribution in [0.15, 0.2) is 24.4 Å². The number of benzene rings is 1. The Morgan fingerprint density at radius 3 is 2.64 bits per heavy atom. The minimum Gasteiger partial charge on any atom is -0.304 e. The molecule has 2 aromatic rings. The van der Waals surface area contributed by atoms with E-state index in [-0.39, 0.29) is 16.9 Å². The van der Waals surface area contributed by atoms with Gasteiger partial charge in [0.05, 0.1) is 5.54 Å². The third-order valence-electron chi connectivity index (χ3n) is 3.19. The molecule has 1 amide bonds. The maximum atomic E-state index is 13.1. The van der Waals surface area contributed by atoms with E-state index in [0.717, 1.165) is 0 Å². The fourth-order valence-electron chi connectivity index (χ4n) is 1.95. The molecule has 0 saturated heterocycles. The van der Waals surface area contributed by atoms with Crippen LogP contribution in [0.25, 0.3) is 0 Å². The van der Waals surface area contributed by atoms with E-state index in [1.807, 2.05) is 26.8 Å². The fraction of sp³-hybridized carbons (Fsp3) is 0.312. The van der Waals surface area contributed by atoms with Crippen LogP contribution in [-0.4, -0.2) is 15.7 Å². The summed E-state index contributed by atoms with van der Waals surface area (Å²) in [5.74, 6) is -0.622. The summed E-state index contributed by atoms with van der Waals surface area (Å²) in [7, 11) is 0. The smallest absolute Gasteiger partial charge is 0.257 e. The van der Waals surface area contributed by atoms with Crippen molar-refractivity contribution in [1.82, 2.24) is 9.78 Å². The van der Waals surface area contributed by atoms with Gasteiger partial charge in [0.1, 0.15) is 17.4 Å². The lowest BCUT2D eigenvalue weighted by Crippen LogP contribution is -2.22. The molecule has 1 heterocycles. The van der Waals surface area contributed by atoms with Crippen molar-refractivity contribution in [2.24, 2.45) is 0 Å². The van der Waals surface area contributed by atoms with Gasteiger partial charge in [-0.25, -0.2) is 4.39 Å². The Balaban J connectivity index is 2.32. The largest absolute Gasteiger partial charge is 0.304 e. The summed E-state index contributed by atoms with van der Waals surface area (Å²) in [5.41, 5.74) is 0.838. The Morgan fingerprint density at radius 2 is 2.09 bits per heavy atom. The Kier molecular flexibility index (Phi) is 4.00. The van der Waals surface area contributed by atoms with Crippen molar-refractivity contribution >= 4 is 11.7 Å². The molecule has 0 fully saturated rings. The second kappa shape index (κ2) is 5.60. The van der Waals surface area contributed by atoms with E-state index < -0.39 is 11.7 Å². The number of rotatable bonds is 2. The highest BCUT2D eigenvalue weighted by Gasteiger charge is 2.20. The standard InChI is InChI=1S/C16H17FN4O/c1-10-7-12(17)5-6-13(10)15(22)19-14-11(8-18)9-21(20-14)16(2,3)4/h5-7,9H,1-4H3,(H,19,20,22). The molecule has 1 aromatic carbocycles. The van der Waals surface area contributed by atoms with Gasteiger partial charge >= 0.3 is 0 Å². The minimum absolute atomic E-state index is 0.200. The van der Waals surface area contributed by atoms with E-state index in [9.17, 15) is 9.18 Å². The van der Waals surface area contributed by atoms with Crippen molar-refractivity contribution in [2.75, 3.05) is 5.32 Å². The van der Waals surface area contributed by atoms with Crippen molar-refractivity contribution in [3.8, 4) is 6.07 Å². The van der Waals surface area contributed by atoms with E-state index in [0.29, 0.717) is 11.1 Å². The third kappa shape index (κ3) is 3.14. The monoisotopic (exact) mass is 300 g/mol. The number of nitriles is 1. The van der Waals surface area contributed by atoms with Gasteiger partial charge in [0.2, 0.25) is 0 Å². The van der Waals surface area contributed by atoms with E-state index >= 15 is 0 Å². The van der Waals surface area contributed by atoms with Gasteiger partial charge in [0, 0.05) is 11.8 Å². The summed E-state index contributed by atoms with van der Waals surface area (Å²) in [4.78, 5) is 12.3. The molecule has 6 heteroatoms. The predicted octanol–water partition coefficient (Wildman–Crippen LogP) is 3.21. The number of aromatic nitrogens is 2. The van der Waals surface area contributed by atoms with Crippen LogP contribution in [0.4, 0.5) is 10.2 Å². The molecule has 0 unspecified atom stereocenters. The molecule has 1 aromatic heterocycles. The van der Waals surface area contributed by atoms with Gasteiger partial charge in [-0.3, -0.25) is 9.48 Å². The average molecular weight is 300 g/mol. The first-order valence-electron chi connectivity index (χ1n) is 6.80. The predicted molar refractivity (Wildman–Crippen MR) is 81.0 cm³/mol. The molecule has 5 nitrogen and oxygen atoms in total. The number of hydrogen-bond acceptors (Lipinski definition) is 3. The number of carbonyl (C=O) groups excluding carboxylic acids is 1. The zero-order valence-electron chi connectivity index (χ0n) is 12.9. The molecule has 22 heavy (non-hydrogen) atoms. The molecule has 2 rings (SSSR count). The molecule has 0 atom stereocenters. The zero-order valence-corrected chi connectivity index (χ0v) is 12.9. The van der Waals surface area contributed by atoms with Crippen LogP contribution >= 0.6 is 0 Å². The second-order valence-corrected chi connectivity index (χ2v) is 6.03. The number of aryl methyl sites for hydroxylation is 1. The van der Waals surface area contributed by atoms with E-state index in [4.69, 9.17) is 5.26 Å². The van der Waals surface area contributed by atoms with E-state index in [1.54, 1.807) is 17.8 Å². The maximum absolute atomic E-state index is 13.1. The molecule has 0 aliphatic carbocycles. The summed E-state index contributed by atoms with van der Waals surface area (Å²) >= 11 is 0. The zero-order chi connectivity index (χ0) is 16.5. The van der Waals surface area contributed by atoms with Crippen LogP contribution in [0.3, 0.4) is 0 Å². The highest BCUT2D eigenvalue weighted by Crippen LogP contribution is 2.20. The molecule has 1 N–H and O–H groups in total. The summed E-state index contributed by atoms with van der Waals surface area (Å²) < 4.78 is 14.7. The Labute approximate surface area is 128 Å². The van der Waals surface area contributed by atoms with Crippen molar-refractivity contribution in [3.63, 3.8) is 0 Å². The number of carbonyl (C=O) groups is 1. The molecular weight excluding hydrogens is 283 g/mol. The van der Waals surface area contributed by atoms with Gasteiger partial charge < -0.3 is 5.32 Å². The number of halogens is 1. The molecule has 0 bridgehead atoms. The van der Waals surface area contributed by atoms with Crippen molar-refractivity contribution in [2.45, 2.75) is 33.2 Å². The topological polar surface area (TPSA) is 70.7 Å². The van der Waals surface area contributed by atoms with Gasteiger partial charge in [0.15, 0.2) is 5.82 Å². The SMILES string of the molecule is Cc1cc(F)ccc1C(=O)Nc1nn(C(C)(C)C)cc1C#N. The van der Waals surface area contributed by atoms with Crippen LogP contribution in [0.1, 0.15) is 42.3 Å². The number of nitrogens with one attached hydrogen (secondary N) is 1. The molecular formula is C16H17FN4O.